The standard InChI is InChI=1S/C16H21FN2O/c1-9(13-7-10-2-3-11(13)6-10)19-16(20)12-4-5-14(17)15(18)8-12/h4-5,8-11,13H,2-3,6-7,18H2,1H3,(H,19,20). The third-order valence-electron chi connectivity index (χ3n) is 5.05. The van der Waals surface area contributed by atoms with Gasteiger partial charge >= 0.3 is 0 Å². The van der Waals surface area contributed by atoms with Gasteiger partial charge in [-0.25, -0.2) is 4.39 Å². The molecule has 0 aliphatic heterocycles. The molecule has 2 aliphatic rings. The molecule has 4 heteroatoms. The van der Waals surface area contributed by atoms with Crippen LogP contribution in [-0.2, 0) is 0 Å². The molecule has 3 rings (SSSR count). The zero-order valence-electron chi connectivity index (χ0n) is 11.7. The van der Waals surface area contributed by atoms with Crippen molar-refractivity contribution in [1.82, 2.24) is 5.32 Å². The Kier molecular flexibility index (Phi) is 3.40. The molecule has 2 bridgehead atoms. The van der Waals surface area contributed by atoms with Gasteiger partial charge in [-0.05, 0) is 62.1 Å². The van der Waals surface area contributed by atoms with E-state index in [0.29, 0.717) is 11.5 Å². The van der Waals surface area contributed by atoms with Crippen LogP contribution >= 0.6 is 0 Å². The van der Waals surface area contributed by atoms with Crippen molar-refractivity contribution in [3.05, 3.63) is 29.6 Å². The normalized spacial score (nSPS) is 29.4. The maximum absolute atomic E-state index is 13.1. The van der Waals surface area contributed by atoms with Crippen LogP contribution in [0.3, 0.4) is 0 Å². The fraction of sp³-hybridized carbons (Fsp3) is 0.562. The van der Waals surface area contributed by atoms with Gasteiger partial charge in [0.2, 0.25) is 0 Å². The monoisotopic (exact) mass is 276 g/mol. The van der Waals surface area contributed by atoms with Gasteiger partial charge in [0.25, 0.3) is 5.91 Å². The van der Waals surface area contributed by atoms with Gasteiger partial charge in [0.1, 0.15) is 5.82 Å². The molecule has 4 atom stereocenters. The number of hydrogen-bond donors (Lipinski definition) is 2. The second-order valence-corrected chi connectivity index (χ2v) is 6.34. The molecule has 0 saturated heterocycles. The topological polar surface area (TPSA) is 55.1 Å². The smallest absolute Gasteiger partial charge is 0.251 e. The van der Waals surface area contributed by atoms with Crippen LogP contribution < -0.4 is 11.1 Å². The van der Waals surface area contributed by atoms with Gasteiger partial charge in [-0.15, -0.1) is 0 Å². The maximum Gasteiger partial charge on any atom is 0.251 e. The largest absolute Gasteiger partial charge is 0.396 e. The summed E-state index contributed by atoms with van der Waals surface area (Å²) in [6.07, 6.45) is 5.22. The molecule has 3 N–H and O–H groups in total. The molecule has 1 aromatic rings. The summed E-state index contributed by atoms with van der Waals surface area (Å²) in [6, 6.07) is 4.29. The van der Waals surface area contributed by atoms with Crippen molar-refractivity contribution in [2.45, 2.75) is 38.6 Å². The van der Waals surface area contributed by atoms with Crippen LogP contribution in [0.25, 0.3) is 0 Å². The number of rotatable bonds is 3. The number of anilines is 1. The molecule has 2 saturated carbocycles. The van der Waals surface area contributed by atoms with E-state index in [0.717, 1.165) is 11.8 Å². The zero-order valence-corrected chi connectivity index (χ0v) is 11.7. The number of nitrogens with two attached hydrogens (primary N) is 1. The van der Waals surface area contributed by atoms with Gasteiger partial charge in [0, 0.05) is 11.6 Å². The summed E-state index contributed by atoms with van der Waals surface area (Å²) in [5.74, 6) is 1.59. The first kappa shape index (κ1) is 13.4. The second kappa shape index (κ2) is 5.08. The Labute approximate surface area is 118 Å². The highest BCUT2D eigenvalue weighted by Gasteiger charge is 2.42. The van der Waals surface area contributed by atoms with Crippen LogP contribution in [0.5, 0.6) is 0 Å². The highest BCUT2D eigenvalue weighted by atomic mass is 19.1. The molecule has 0 radical (unpaired) electrons. The van der Waals surface area contributed by atoms with Crippen molar-refractivity contribution in [3.8, 4) is 0 Å². The van der Waals surface area contributed by atoms with Crippen molar-refractivity contribution >= 4 is 11.6 Å². The number of nitrogens with one attached hydrogen (secondary N) is 1. The van der Waals surface area contributed by atoms with E-state index in [1.165, 1.54) is 43.9 Å². The molecule has 0 aromatic heterocycles. The number of hydrogen-bond acceptors (Lipinski definition) is 2. The van der Waals surface area contributed by atoms with Crippen LogP contribution in [0, 0.1) is 23.6 Å². The first-order chi connectivity index (χ1) is 9.54. The van der Waals surface area contributed by atoms with Crippen LogP contribution in [0.2, 0.25) is 0 Å². The minimum atomic E-state index is -0.484. The average molecular weight is 276 g/mol. The Balaban J connectivity index is 1.65. The number of halogens is 1. The summed E-state index contributed by atoms with van der Waals surface area (Å²) < 4.78 is 13.1. The van der Waals surface area contributed by atoms with E-state index in [1.807, 2.05) is 0 Å². The Morgan fingerprint density at radius 3 is 2.80 bits per heavy atom. The van der Waals surface area contributed by atoms with Gasteiger partial charge in [-0.2, -0.15) is 0 Å². The zero-order chi connectivity index (χ0) is 14.3. The number of benzene rings is 1. The van der Waals surface area contributed by atoms with Crippen LogP contribution in [-0.4, -0.2) is 11.9 Å². The number of carbonyl (C=O) groups excluding carboxylic acids is 1. The van der Waals surface area contributed by atoms with Crippen LogP contribution in [0.1, 0.15) is 43.0 Å². The molecule has 4 unspecified atom stereocenters. The molecule has 0 heterocycles. The van der Waals surface area contributed by atoms with E-state index in [4.69, 9.17) is 5.73 Å². The van der Waals surface area contributed by atoms with Gasteiger partial charge in [-0.1, -0.05) is 6.42 Å². The van der Waals surface area contributed by atoms with Gasteiger partial charge in [0.15, 0.2) is 0 Å². The number of amides is 1. The van der Waals surface area contributed by atoms with Gasteiger partial charge in [-0.3, -0.25) is 4.79 Å². The van der Waals surface area contributed by atoms with E-state index in [1.54, 1.807) is 0 Å². The molecule has 1 aromatic carbocycles. The first-order valence-electron chi connectivity index (χ1n) is 7.40. The Bertz CT molecular complexity index is 531. The van der Waals surface area contributed by atoms with Crippen LogP contribution in [0.4, 0.5) is 10.1 Å². The SMILES string of the molecule is CC(NC(=O)c1ccc(F)c(N)c1)C1CC2CCC1C2. The van der Waals surface area contributed by atoms with E-state index in [2.05, 4.69) is 12.2 Å². The lowest BCUT2D eigenvalue weighted by molar-refractivity contribution is 0.0915. The van der Waals surface area contributed by atoms with Crippen LogP contribution in [0.15, 0.2) is 18.2 Å². The minimum absolute atomic E-state index is 0.0187. The predicted octanol–water partition coefficient (Wildman–Crippen LogP) is 2.96. The highest BCUT2D eigenvalue weighted by molar-refractivity contribution is 5.95. The summed E-state index contributed by atoms with van der Waals surface area (Å²) in [6.45, 7) is 2.08. The van der Waals surface area contributed by atoms with Gasteiger partial charge < -0.3 is 11.1 Å². The summed E-state index contributed by atoms with van der Waals surface area (Å²) in [5.41, 5.74) is 5.95. The predicted molar refractivity (Wildman–Crippen MR) is 76.7 cm³/mol. The molecule has 0 spiro atoms. The molecule has 1 amide bonds. The van der Waals surface area contributed by atoms with E-state index in [9.17, 15) is 9.18 Å². The molecule has 3 nitrogen and oxygen atoms in total. The van der Waals surface area contributed by atoms with E-state index in [-0.39, 0.29) is 17.6 Å². The summed E-state index contributed by atoms with van der Waals surface area (Å²) >= 11 is 0. The summed E-state index contributed by atoms with van der Waals surface area (Å²) in [7, 11) is 0. The minimum Gasteiger partial charge on any atom is -0.396 e. The lowest BCUT2D eigenvalue weighted by Crippen LogP contribution is -2.40. The number of nitrogen functional groups attached to an aromatic ring is 1. The van der Waals surface area contributed by atoms with Gasteiger partial charge in [0.05, 0.1) is 5.69 Å². The fourth-order valence-corrected chi connectivity index (χ4v) is 3.99. The number of fused-ring (bicyclic) bond motifs is 2. The fourth-order valence-electron chi connectivity index (χ4n) is 3.99. The third kappa shape index (κ3) is 2.39. The lowest BCUT2D eigenvalue weighted by Gasteiger charge is -2.28. The van der Waals surface area contributed by atoms with Crippen molar-refractivity contribution < 1.29 is 9.18 Å². The molecular weight excluding hydrogens is 255 g/mol. The quantitative estimate of drug-likeness (QED) is 0.834. The Morgan fingerprint density at radius 2 is 2.20 bits per heavy atom. The van der Waals surface area contributed by atoms with Crippen molar-refractivity contribution in [2.24, 2.45) is 17.8 Å². The third-order valence-corrected chi connectivity index (χ3v) is 5.05. The highest BCUT2D eigenvalue weighted by Crippen LogP contribution is 2.49. The molecule has 2 fully saturated rings. The molecule has 20 heavy (non-hydrogen) atoms. The van der Waals surface area contributed by atoms with Crippen molar-refractivity contribution in [3.63, 3.8) is 0 Å². The second-order valence-electron chi connectivity index (χ2n) is 6.34. The number of carbonyl (C=O) groups is 1. The molecule has 2 aliphatic carbocycles. The van der Waals surface area contributed by atoms with Crippen molar-refractivity contribution in [2.75, 3.05) is 5.73 Å². The van der Waals surface area contributed by atoms with E-state index >= 15 is 0 Å². The first-order valence-corrected chi connectivity index (χ1v) is 7.40. The maximum atomic E-state index is 13.1. The van der Waals surface area contributed by atoms with E-state index < -0.39 is 5.82 Å². The Hall–Kier alpha value is -1.58. The summed E-state index contributed by atoms with van der Waals surface area (Å²) in [4.78, 5) is 12.2. The lowest BCUT2D eigenvalue weighted by atomic mass is 9.84. The summed E-state index contributed by atoms with van der Waals surface area (Å²) in [5, 5.41) is 3.05. The average Bonchev–Trinajstić information content (AvgIpc) is 3.04. The molecular formula is C16H21FN2O. The molecule has 108 valence electrons. The van der Waals surface area contributed by atoms with Crippen molar-refractivity contribution in [1.29, 1.82) is 0 Å². The Morgan fingerprint density at radius 1 is 1.40 bits per heavy atom.